The zero-order valence-corrected chi connectivity index (χ0v) is 8.53. The average Bonchev–Trinajstić information content (AvgIpc) is 1.60. The number of halogens is 1. The molecule has 0 radical (unpaired) electrons. The van der Waals surface area contributed by atoms with E-state index in [1.807, 2.05) is 19.6 Å². The van der Waals surface area contributed by atoms with Crippen LogP contribution in [0.2, 0.25) is 19.6 Å². The van der Waals surface area contributed by atoms with Crippen LogP contribution in [0.25, 0.3) is 0 Å². The molecule has 0 N–H and O–H groups in total. The maximum Gasteiger partial charge on any atom is 0.248 e. The van der Waals surface area contributed by atoms with Crippen LogP contribution in [0.1, 0.15) is 6.92 Å². The highest BCUT2D eigenvalue weighted by atomic mass is 35.5. The summed E-state index contributed by atoms with van der Waals surface area (Å²) in [5.41, 5.74) is 0. The molecule has 0 bridgehead atoms. The first-order valence-corrected chi connectivity index (χ1v) is 6.99. The van der Waals surface area contributed by atoms with Gasteiger partial charge in [-0.2, -0.15) is 0 Å². The summed E-state index contributed by atoms with van der Waals surface area (Å²) in [5.74, 6) is 0. The van der Waals surface area contributed by atoms with Gasteiger partial charge in [0.05, 0.1) is 0 Å². The van der Waals surface area contributed by atoms with E-state index in [2.05, 4.69) is 0 Å². The van der Waals surface area contributed by atoms with Crippen molar-refractivity contribution in [1.82, 2.24) is 0 Å². The van der Waals surface area contributed by atoms with Crippen molar-refractivity contribution >= 4 is 25.2 Å². The predicted molar refractivity (Wildman–Crippen MR) is 44.8 cm³/mol. The van der Waals surface area contributed by atoms with Gasteiger partial charge in [0.2, 0.25) is 5.24 Å². The minimum absolute atomic E-state index is 0.414. The van der Waals surface area contributed by atoms with Crippen molar-refractivity contribution in [2.75, 3.05) is 0 Å². The quantitative estimate of drug-likeness (QED) is 0.491. The highest BCUT2D eigenvalue weighted by Gasteiger charge is 2.21. The fraction of sp³-hybridized carbons (Fsp3) is 0.833. The smallest absolute Gasteiger partial charge is 0.248 e. The van der Waals surface area contributed by atoms with Crippen molar-refractivity contribution < 1.29 is 9.22 Å². The molecule has 1 unspecified atom stereocenters. The molecule has 10 heavy (non-hydrogen) atoms. The lowest BCUT2D eigenvalue weighted by atomic mass is 10.5. The Balaban J connectivity index is 3.80. The van der Waals surface area contributed by atoms with E-state index in [-0.39, 0.29) is 0 Å². The van der Waals surface area contributed by atoms with Crippen LogP contribution < -0.4 is 0 Å². The van der Waals surface area contributed by atoms with Crippen LogP contribution in [0, 0.1) is 0 Å². The van der Waals surface area contributed by atoms with E-state index in [1.54, 1.807) is 6.92 Å². The summed E-state index contributed by atoms with van der Waals surface area (Å²) in [5, 5.41) is -0.414. The van der Waals surface area contributed by atoms with Gasteiger partial charge < -0.3 is 4.43 Å². The summed E-state index contributed by atoms with van der Waals surface area (Å²) < 4.78 is 5.36. The second-order valence-electron chi connectivity index (χ2n) is 3.18. The molecule has 0 spiro atoms. The monoisotopic (exact) mass is 180 g/mol. The van der Waals surface area contributed by atoms with Gasteiger partial charge in [0.1, 0.15) is 6.10 Å². The summed E-state index contributed by atoms with van der Waals surface area (Å²) in [6.07, 6.45) is -0.451. The fourth-order valence-corrected chi connectivity index (χ4v) is 1.86. The lowest BCUT2D eigenvalue weighted by Crippen LogP contribution is -2.33. The Kier molecular flexibility index (Phi) is 3.55. The van der Waals surface area contributed by atoms with Gasteiger partial charge in [-0.05, 0) is 38.2 Å². The number of hydrogen-bond acceptors (Lipinski definition) is 2. The maximum absolute atomic E-state index is 10.5. The molecule has 0 saturated heterocycles. The topological polar surface area (TPSA) is 26.3 Å². The molecule has 0 saturated carbocycles. The van der Waals surface area contributed by atoms with E-state index in [9.17, 15) is 4.79 Å². The van der Waals surface area contributed by atoms with Crippen LogP contribution in [0.3, 0.4) is 0 Å². The van der Waals surface area contributed by atoms with Gasteiger partial charge in [-0.15, -0.1) is 0 Å². The maximum atomic E-state index is 10.5. The Hall–Kier alpha value is 0.137. The van der Waals surface area contributed by atoms with E-state index < -0.39 is 19.7 Å². The number of carbonyl (C=O) groups is 1. The highest BCUT2D eigenvalue weighted by molar-refractivity contribution is 6.71. The Bertz CT molecular complexity index is 130. The first-order chi connectivity index (χ1) is 4.33. The van der Waals surface area contributed by atoms with Gasteiger partial charge in [0, 0.05) is 0 Å². The fourth-order valence-electron chi connectivity index (χ4n) is 0.577. The highest BCUT2D eigenvalue weighted by Crippen LogP contribution is 2.08. The molecule has 1 atom stereocenters. The summed E-state index contributed by atoms with van der Waals surface area (Å²) in [6, 6.07) is 0. The molecule has 0 rings (SSSR count). The largest absolute Gasteiger partial charge is 0.407 e. The van der Waals surface area contributed by atoms with Crippen molar-refractivity contribution in [1.29, 1.82) is 0 Å². The SMILES string of the molecule is CC(O[Si](C)(C)C)C(=O)Cl. The third kappa shape index (κ3) is 4.96. The number of carbonyl (C=O) groups excluding carboxylic acids is 1. The summed E-state index contributed by atoms with van der Waals surface area (Å²) in [7, 11) is -1.59. The minimum atomic E-state index is -1.59. The summed E-state index contributed by atoms with van der Waals surface area (Å²) in [4.78, 5) is 10.5. The van der Waals surface area contributed by atoms with Gasteiger partial charge in [-0.1, -0.05) is 0 Å². The average molecular weight is 181 g/mol. The predicted octanol–water partition coefficient (Wildman–Crippen LogP) is 1.99. The van der Waals surface area contributed by atoms with Crippen molar-refractivity contribution in [3.8, 4) is 0 Å². The Labute approximate surface area is 67.6 Å². The summed E-state index contributed by atoms with van der Waals surface area (Å²) >= 11 is 5.19. The third-order valence-corrected chi connectivity index (χ3v) is 2.22. The van der Waals surface area contributed by atoms with Gasteiger partial charge in [0.25, 0.3) is 0 Å². The second kappa shape index (κ2) is 3.51. The molecular formula is C6H13ClO2Si. The van der Waals surface area contributed by atoms with Gasteiger partial charge in [-0.3, -0.25) is 4.79 Å². The van der Waals surface area contributed by atoms with E-state index in [0.29, 0.717) is 0 Å². The molecule has 0 aromatic carbocycles. The molecule has 0 fully saturated rings. The number of hydrogen-bond donors (Lipinski definition) is 0. The molecule has 0 heterocycles. The van der Waals surface area contributed by atoms with Crippen LogP contribution >= 0.6 is 11.6 Å². The number of rotatable bonds is 3. The van der Waals surface area contributed by atoms with E-state index in [1.165, 1.54) is 0 Å². The van der Waals surface area contributed by atoms with Crippen LogP contribution in [-0.2, 0) is 9.22 Å². The molecule has 60 valence electrons. The lowest BCUT2D eigenvalue weighted by Gasteiger charge is -2.20. The minimum Gasteiger partial charge on any atom is -0.407 e. The molecule has 4 heteroatoms. The zero-order valence-electron chi connectivity index (χ0n) is 6.77. The molecule has 0 aliphatic carbocycles. The van der Waals surface area contributed by atoms with Crippen molar-refractivity contribution in [3.63, 3.8) is 0 Å². The first kappa shape index (κ1) is 10.1. The lowest BCUT2D eigenvalue weighted by molar-refractivity contribution is -0.117. The standard InChI is InChI=1S/C6H13ClO2Si/c1-5(6(7)8)9-10(2,3)4/h5H,1-4H3. The molecule has 0 aliphatic heterocycles. The Morgan fingerprint density at radius 1 is 1.50 bits per heavy atom. The van der Waals surface area contributed by atoms with Crippen LogP contribution in [-0.4, -0.2) is 19.7 Å². The Morgan fingerprint density at radius 3 is 2.00 bits per heavy atom. The van der Waals surface area contributed by atoms with E-state index in [4.69, 9.17) is 16.0 Å². The first-order valence-electron chi connectivity index (χ1n) is 3.20. The van der Waals surface area contributed by atoms with Crippen molar-refractivity contribution in [3.05, 3.63) is 0 Å². The van der Waals surface area contributed by atoms with E-state index in [0.717, 1.165) is 0 Å². The third-order valence-electron chi connectivity index (χ3n) is 0.850. The van der Waals surface area contributed by atoms with E-state index >= 15 is 0 Å². The molecule has 0 aromatic heterocycles. The van der Waals surface area contributed by atoms with Crippen LogP contribution in [0.4, 0.5) is 0 Å². The van der Waals surface area contributed by atoms with Crippen LogP contribution in [0.5, 0.6) is 0 Å². The Morgan fingerprint density at radius 2 is 1.90 bits per heavy atom. The summed E-state index contributed by atoms with van der Waals surface area (Å²) in [6.45, 7) is 7.73. The second-order valence-corrected chi connectivity index (χ2v) is 8.01. The van der Waals surface area contributed by atoms with Gasteiger partial charge in [-0.25, -0.2) is 0 Å². The normalized spacial score (nSPS) is 14.9. The van der Waals surface area contributed by atoms with Crippen LogP contribution in [0.15, 0.2) is 0 Å². The molecule has 0 aromatic rings. The van der Waals surface area contributed by atoms with Gasteiger partial charge in [0.15, 0.2) is 8.32 Å². The van der Waals surface area contributed by atoms with Gasteiger partial charge >= 0.3 is 0 Å². The van der Waals surface area contributed by atoms with Crippen molar-refractivity contribution in [2.24, 2.45) is 0 Å². The molecule has 0 aliphatic rings. The molecular weight excluding hydrogens is 168 g/mol. The molecule has 2 nitrogen and oxygen atoms in total. The zero-order chi connectivity index (χ0) is 8.36. The van der Waals surface area contributed by atoms with Crippen molar-refractivity contribution in [2.45, 2.75) is 32.7 Å². The molecule has 0 amide bonds.